The van der Waals surface area contributed by atoms with Gasteiger partial charge in [-0.25, -0.2) is 4.98 Å². The summed E-state index contributed by atoms with van der Waals surface area (Å²) in [6, 6.07) is 0. The minimum atomic E-state index is -0.198. The number of rotatable bonds is 11. The maximum absolute atomic E-state index is 11.9. The van der Waals surface area contributed by atoms with Gasteiger partial charge in [0, 0.05) is 26.3 Å². The molecule has 0 spiro atoms. The molecule has 6 heteroatoms. The SMILES string of the molecule is CCCCOCCCNC(=O)c1cncc(NCCC)n1. The van der Waals surface area contributed by atoms with E-state index in [1.54, 1.807) is 6.20 Å². The Bertz CT molecular complexity index is 412. The Hall–Kier alpha value is -1.69. The lowest BCUT2D eigenvalue weighted by molar-refractivity contribution is 0.0935. The highest BCUT2D eigenvalue weighted by Gasteiger charge is 2.07. The van der Waals surface area contributed by atoms with Gasteiger partial charge in [0.25, 0.3) is 5.91 Å². The van der Waals surface area contributed by atoms with Crippen molar-refractivity contribution in [1.29, 1.82) is 0 Å². The molecule has 1 aromatic heterocycles. The molecule has 0 atom stereocenters. The van der Waals surface area contributed by atoms with E-state index >= 15 is 0 Å². The topological polar surface area (TPSA) is 76.1 Å². The minimum Gasteiger partial charge on any atom is -0.381 e. The Balaban J connectivity index is 2.25. The summed E-state index contributed by atoms with van der Waals surface area (Å²) in [6.45, 7) is 7.06. The molecule has 0 aliphatic carbocycles. The second kappa shape index (κ2) is 11.0. The van der Waals surface area contributed by atoms with Gasteiger partial charge in [-0.15, -0.1) is 0 Å². The number of amides is 1. The van der Waals surface area contributed by atoms with Gasteiger partial charge in [0.1, 0.15) is 11.5 Å². The number of carbonyl (C=O) groups excluding carboxylic acids is 1. The van der Waals surface area contributed by atoms with Crippen LogP contribution in [0, 0.1) is 0 Å². The molecule has 1 heterocycles. The molecule has 0 bridgehead atoms. The van der Waals surface area contributed by atoms with Crippen LogP contribution in [0.15, 0.2) is 12.4 Å². The molecular weight excluding hydrogens is 268 g/mol. The Morgan fingerprint density at radius 1 is 1.14 bits per heavy atom. The van der Waals surface area contributed by atoms with E-state index < -0.39 is 0 Å². The van der Waals surface area contributed by atoms with Gasteiger partial charge in [-0.1, -0.05) is 20.3 Å². The maximum Gasteiger partial charge on any atom is 0.271 e. The third kappa shape index (κ3) is 7.60. The van der Waals surface area contributed by atoms with Gasteiger partial charge in [-0.3, -0.25) is 9.78 Å². The molecule has 1 rings (SSSR count). The Kier molecular flexibility index (Phi) is 9.11. The standard InChI is InChI=1S/C15H26N4O2/c1-3-5-9-21-10-6-8-18-15(20)13-11-16-12-14(19-13)17-7-4-2/h11-12H,3-10H2,1-2H3,(H,17,19)(H,18,20). The van der Waals surface area contributed by atoms with Gasteiger partial charge in [0.15, 0.2) is 0 Å². The summed E-state index contributed by atoms with van der Waals surface area (Å²) >= 11 is 0. The van der Waals surface area contributed by atoms with E-state index in [2.05, 4.69) is 34.4 Å². The van der Waals surface area contributed by atoms with Gasteiger partial charge in [-0.05, 0) is 19.3 Å². The average Bonchev–Trinajstić information content (AvgIpc) is 2.52. The normalized spacial score (nSPS) is 10.4. The molecule has 118 valence electrons. The molecule has 21 heavy (non-hydrogen) atoms. The number of ether oxygens (including phenoxy) is 1. The summed E-state index contributed by atoms with van der Waals surface area (Å²) in [7, 11) is 0. The lowest BCUT2D eigenvalue weighted by Crippen LogP contribution is -2.26. The van der Waals surface area contributed by atoms with Crippen molar-refractivity contribution in [2.45, 2.75) is 39.5 Å². The average molecular weight is 294 g/mol. The van der Waals surface area contributed by atoms with Crippen molar-refractivity contribution in [2.24, 2.45) is 0 Å². The Labute approximate surface area is 126 Å². The van der Waals surface area contributed by atoms with Crippen LogP contribution in [0.4, 0.5) is 5.82 Å². The summed E-state index contributed by atoms with van der Waals surface area (Å²) in [5, 5.41) is 5.94. The van der Waals surface area contributed by atoms with Crippen LogP contribution in [0.2, 0.25) is 0 Å². The monoisotopic (exact) mass is 294 g/mol. The fourth-order valence-electron chi connectivity index (χ4n) is 1.63. The van der Waals surface area contributed by atoms with Gasteiger partial charge in [-0.2, -0.15) is 0 Å². The van der Waals surface area contributed by atoms with Crippen molar-refractivity contribution in [3.8, 4) is 0 Å². The Morgan fingerprint density at radius 3 is 2.71 bits per heavy atom. The van der Waals surface area contributed by atoms with Crippen molar-refractivity contribution in [3.63, 3.8) is 0 Å². The number of hydrogen-bond acceptors (Lipinski definition) is 5. The first kappa shape index (κ1) is 17.4. The third-order valence-corrected chi connectivity index (χ3v) is 2.82. The van der Waals surface area contributed by atoms with Crippen molar-refractivity contribution in [3.05, 3.63) is 18.1 Å². The maximum atomic E-state index is 11.9. The smallest absolute Gasteiger partial charge is 0.271 e. The summed E-state index contributed by atoms with van der Waals surface area (Å²) in [6.07, 6.45) is 7.11. The lowest BCUT2D eigenvalue weighted by atomic mass is 10.3. The fourth-order valence-corrected chi connectivity index (χ4v) is 1.63. The largest absolute Gasteiger partial charge is 0.381 e. The van der Waals surface area contributed by atoms with Gasteiger partial charge < -0.3 is 15.4 Å². The molecule has 0 saturated carbocycles. The van der Waals surface area contributed by atoms with Crippen LogP contribution in [-0.2, 0) is 4.74 Å². The van der Waals surface area contributed by atoms with Crippen molar-refractivity contribution >= 4 is 11.7 Å². The molecule has 1 amide bonds. The molecule has 0 aromatic carbocycles. The molecule has 0 radical (unpaired) electrons. The van der Waals surface area contributed by atoms with Gasteiger partial charge in [0.2, 0.25) is 0 Å². The van der Waals surface area contributed by atoms with E-state index in [9.17, 15) is 4.79 Å². The first-order chi connectivity index (χ1) is 10.3. The lowest BCUT2D eigenvalue weighted by Gasteiger charge is -2.07. The van der Waals surface area contributed by atoms with E-state index in [4.69, 9.17) is 4.74 Å². The Morgan fingerprint density at radius 2 is 1.95 bits per heavy atom. The number of unbranched alkanes of at least 4 members (excludes halogenated alkanes) is 1. The zero-order chi connectivity index (χ0) is 15.3. The van der Waals surface area contributed by atoms with Crippen molar-refractivity contribution in [1.82, 2.24) is 15.3 Å². The quantitative estimate of drug-likeness (QED) is 0.612. The van der Waals surface area contributed by atoms with Crippen LogP contribution < -0.4 is 10.6 Å². The zero-order valence-corrected chi connectivity index (χ0v) is 13.0. The van der Waals surface area contributed by atoms with Gasteiger partial charge in [0.05, 0.1) is 12.4 Å². The first-order valence-corrected chi connectivity index (χ1v) is 7.69. The number of nitrogens with zero attached hydrogens (tertiary/aromatic N) is 2. The van der Waals surface area contributed by atoms with Gasteiger partial charge >= 0.3 is 0 Å². The molecule has 0 aliphatic heterocycles. The predicted octanol–water partition coefficient (Wildman–Crippen LogP) is 2.24. The van der Waals surface area contributed by atoms with Crippen LogP contribution in [0.1, 0.15) is 50.0 Å². The molecule has 0 unspecified atom stereocenters. The van der Waals surface area contributed by atoms with E-state index in [1.807, 2.05) is 0 Å². The second-order valence-electron chi connectivity index (χ2n) is 4.79. The predicted molar refractivity (Wildman–Crippen MR) is 83.5 cm³/mol. The number of hydrogen-bond donors (Lipinski definition) is 2. The number of aromatic nitrogens is 2. The number of nitrogens with one attached hydrogen (secondary N) is 2. The molecule has 1 aromatic rings. The van der Waals surface area contributed by atoms with E-state index in [0.717, 1.165) is 38.8 Å². The third-order valence-electron chi connectivity index (χ3n) is 2.82. The highest BCUT2D eigenvalue weighted by molar-refractivity contribution is 5.92. The molecule has 0 saturated heterocycles. The molecule has 0 aliphatic rings. The van der Waals surface area contributed by atoms with Crippen LogP contribution >= 0.6 is 0 Å². The van der Waals surface area contributed by atoms with E-state index in [1.165, 1.54) is 6.20 Å². The second-order valence-corrected chi connectivity index (χ2v) is 4.79. The first-order valence-electron chi connectivity index (χ1n) is 7.69. The van der Waals surface area contributed by atoms with Crippen molar-refractivity contribution < 1.29 is 9.53 Å². The number of carbonyl (C=O) groups is 1. The van der Waals surface area contributed by atoms with Crippen LogP contribution in [-0.4, -0.2) is 42.2 Å². The minimum absolute atomic E-state index is 0.198. The van der Waals surface area contributed by atoms with Crippen LogP contribution in [0.3, 0.4) is 0 Å². The van der Waals surface area contributed by atoms with Crippen LogP contribution in [0.5, 0.6) is 0 Å². The summed E-state index contributed by atoms with van der Waals surface area (Å²) in [4.78, 5) is 20.2. The van der Waals surface area contributed by atoms with E-state index in [0.29, 0.717) is 24.7 Å². The number of anilines is 1. The van der Waals surface area contributed by atoms with Crippen molar-refractivity contribution in [2.75, 3.05) is 31.6 Å². The molecule has 6 nitrogen and oxygen atoms in total. The summed E-state index contributed by atoms with van der Waals surface area (Å²) in [5.41, 5.74) is 0.336. The fraction of sp³-hybridized carbons (Fsp3) is 0.667. The highest BCUT2D eigenvalue weighted by Crippen LogP contribution is 2.02. The zero-order valence-electron chi connectivity index (χ0n) is 13.0. The molecule has 2 N–H and O–H groups in total. The summed E-state index contributed by atoms with van der Waals surface area (Å²) in [5.74, 6) is 0.434. The molecule has 0 fully saturated rings. The summed E-state index contributed by atoms with van der Waals surface area (Å²) < 4.78 is 5.44. The van der Waals surface area contributed by atoms with Crippen LogP contribution in [0.25, 0.3) is 0 Å². The highest BCUT2D eigenvalue weighted by atomic mass is 16.5. The van der Waals surface area contributed by atoms with E-state index in [-0.39, 0.29) is 5.91 Å². The molecular formula is C15H26N4O2.